The van der Waals surface area contributed by atoms with Crippen molar-refractivity contribution in [1.29, 1.82) is 0 Å². The largest absolute Gasteiger partial charge is 0.340 e. The van der Waals surface area contributed by atoms with Gasteiger partial charge >= 0.3 is 0 Å². The fourth-order valence-electron chi connectivity index (χ4n) is 4.83. The minimum atomic E-state index is -0.0599. The summed E-state index contributed by atoms with van der Waals surface area (Å²) in [6.45, 7) is 9.05. The van der Waals surface area contributed by atoms with Gasteiger partial charge in [0.15, 0.2) is 0 Å². The Bertz CT molecular complexity index is 545. The quantitative estimate of drug-likeness (QED) is 0.726. The van der Waals surface area contributed by atoms with Crippen LogP contribution in [0.3, 0.4) is 0 Å². The molecule has 0 N–H and O–H groups in total. The minimum absolute atomic E-state index is 0.0599. The van der Waals surface area contributed by atoms with Crippen molar-refractivity contribution in [2.75, 3.05) is 52.4 Å². The summed E-state index contributed by atoms with van der Waals surface area (Å²) in [5.41, 5.74) is 0. The second kappa shape index (κ2) is 9.04. The molecule has 2 heterocycles. The molecule has 2 aliphatic heterocycles. The second-order valence-corrected chi connectivity index (χ2v) is 8.09. The molecular formula is C20H34N4O3. The molecule has 3 amide bonds. The van der Waals surface area contributed by atoms with E-state index >= 15 is 0 Å². The highest BCUT2D eigenvalue weighted by Gasteiger charge is 2.39. The maximum Gasteiger partial charge on any atom is 0.240 e. The van der Waals surface area contributed by atoms with Gasteiger partial charge in [-0.15, -0.1) is 0 Å². The lowest BCUT2D eigenvalue weighted by molar-refractivity contribution is -0.145. The zero-order chi connectivity index (χ0) is 19.4. The van der Waals surface area contributed by atoms with Crippen molar-refractivity contribution in [3.05, 3.63) is 0 Å². The van der Waals surface area contributed by atoms with Gasteiger partial charge in [0.25, 0.3) is 0 Å². The van der Waals surface area contributed by atoms with Crippen LogP contribution in [0.2, 0.25) is 0 Å². The van der Waals surface area contributed by atoms with Gasteiger partial charge in [-0.05, 0) is 18.8 Å². The Hall–Kier alpha value is -1.63. The molecule has 0 bridgehead atoms. The van der Waals surface area contributed by atoms with E-state index in [9.17, 15) is 14.4 Å². The number of hydrogen-bond donors (Lipinski definition) is 0. The van der Waals surface area contributed by atoms with Crippen molar-refractivity contribution in [3.8, 4) is 0 Å². The molecule has 0 spiro atoms. The van der Waals surface area contributed by atoms with Crippen molar-refractivity contribution in [1.82, 2.24) is 19.6 Å². The Balaban J connectivity index is 1.64. The molecule has 0 aromatic rings. The Morgan fingerprint density at radius 3 is 1.85 bits per heavy atom. The number of hydrogen-bond acceptors (Lipinski definition) is 4. The van der Waals surface area contributed by atoms with Crippen LogP contribution in [0.1, 0.15) is 46.0 Å². The summed E-state index contributed by atoms with van der Waals surface area (Å²) in [7, 11) is 0. The predicted molar refractivity (Wildman–Crippen MR) is 103 cm³/mol. The Labute approximate surface area is 162 Å². The maximum absolute atomic E-state index is 13.4. The van der Waals surface area contributed by atoms with Gasteiger partial charge in [0.1, 0.15) is 0 Å². The number of carbonyl (C=O) groups is 3. The van der Waals surface area contributed by atoms with E-state index in [1.807, 2.05) is 21.6 Å². The summed E-state index contributed by atoms with van der Waals surface area (Å²) in [4.78, 5) is 45.0. The Morgan fingerprint density at radius 1 is 0.815 bits per heavy atom. The molecule has 2 saturated heterocycles. The number of nitrogens with zero attached hydrogens (tertiary/aromatic N) is 4. The molecule has 3 rings (SSSR count). The lowest BCUT2D eigenvalue weighted by Crippen LogP contribution is -2.60. The monoisotopic (exact) mass is 378 g/mol. The first-order valence-electron chi connectivity index (χ1n) is 10.6. The Kier molecular flexibility index (Phi) is 6.73. The van der Waals surface area contributed by atoms with Crippen molar-refractivity contribution >= 4 is 17.7 Å². The summed E-state index contributed by atoms with van der Waals surface area (Å²) in [6, 6.07) is -0.0599. The molecule has 0 aromatic heterocycles. The zero-order valence-corrected chi connectivity index (χ0v) is 16.9. The Morgan fingerprint density at radius 2 is 1.33 bits per heavy atom. The lowest BCUT2D eigenvalue weighted by atomic mass is 9.94. The maximum atomic E-state index is 13.4. The second-order valence-electron chi connectivity index (χ2n) is 8.09. The molecule has 1 saturated carbocycles. The molecule has 0 radical (unpaired) electrons. The summed E-state index contributed by atoms with van der Waals surface area (Å²) in [6.07, 6.45) is 5.21. The molecule has 7 heteroatoms. The average molecular weight is 379 g/mol. The standard InChI is InChI=1S/C20H34N4O3/c1-3-18(26)22-10-12-23(13-11-22)19(17-6-4-5-7-17)20(27)24-14-8-21(9-15-24)16(2)25/h17,19H,3-15H2,1-2H3/t19-/m0/s1. The van der Waals surface area contributed by atoms with Crippen LogP contribution < -0.4 is 0 Å². The molecule has 7 nitrogen and oxygen atoms in total. The highest BCUT2D eigenvalue weighted by molar-refractivity contribution is 5.83. The van der Waals surface area contributed by atoms with Gasteiger partial charge in [-0.2, -0.15) is 0 Å². The van der Waals surface area contributed by atoms with Gasteiger partial charge in [0.05, 0.1) is 6.04 Å². The normalized spacial score (nSPS) is 23.6. The van der Waals surface area contributed by atoms with Crippen molar-refractivity contribution in [2.24, 2.45) is 5.92 Å². The van der Waals surface area contributed by atoms with Gasteiger partial charge in [-0.3, -0.25) is 19.3 Å². The predicted octanol–water partition coefficient (Wildman–Crippen LogP) is 0.790. The van der Waals surface area contributed by atoms with Gasteiger partial charge in [-0.25, -0.2) is 0 Å². The summed E-state index contributed by atoms with van der Waals surface area (Å²) >= 11 is 0. The van der Waals surface area contributed by atoms with Crippen LogP contribution in [-0.2, 0) is 14.4 Å². The van der Waals surface area contributed by atoms with Crippen LogP contribution >= 0.6 is 0 Å². The third-order valence-electron chi connectivity index (χ3n) is 6.50. The van der Waals surface area contributed by atoms with Crippen LogP contribution in [0.4, 0.5) is 0 Å². The molecule has 0 aromatic carbocycles. The van der Waals surface area contributed by atoms with Crippen LogP contribution in [0.15, 0.2) is 0 Å². The summed E-state index contributed by atoms with van der Waals surface area (Å²) < 4.78 is 0. The molecule has 0 unspecified atom stereocenters. The number of piperazine rings is 2. The highest BCUT2D eigenvalue weighted by Crippen LogP contribution is 2.32. The third kappa shape index (κ3) is 4.62. The molecule has 152 valence electrons. The van der Waals surface area contributed by atoms with Gasteiger partial charge in [-0.1, -0.05) is 19.8 Å². The van der Waals surface area contributed by atoms with E-state index in [0.717, 1.165) is 39.0 Å². The molecule has 1 aliphatic carbocycles. The fraction of sp³-hybridized carbons (Fsp3) is 0.850. The molecule has 27 heavy (non-hydrogen) atoms. The molecule has 1 atom stereocenters. The van der Waals surface area contributed by atoms with Crippen LogP contribution in [-0.4, -0.2) is 95.7 Å². The van der Waals surface area contributed by atoms with Crippen molar-refractivity contribution in [2.45, 2.75) is 52.0 Å². The molecule has 3 fully saturated rings. The van der Waals surface area contributed by atoms with Crippen LogP contribution in [0.25, 0.3) is 0 Å². The van der Waals surface area contributed by atoms with E-state index in [0.29, 0.717) is 38.5 Å². The number of carbonyl (C=O) groups excluding carboxylic acids is 3. The summed E-state index contributed by atoms with van der Waals surface area (Å²) in [5, 5.41) is 0. The fourth-order valence-corrected chi connectivity index (χ4v) is 4.83. The van der Waals surface area contributed by atoms with Crippen molar-refractivity contribution < 1.29 is 14.4 Å². The molecule has 3 aliphatic rings. The van der Waals surface area contributed by atoms with E-state index in [2.05, 4.69) is 4.90 Å². The van der Waals surface area contributed by atoms with Crippen LogP contribution in [0.5, 0.6) is 0 Å². The number of amides is 3. The van der Waals surface area contributed by atoms with Gasteiger partial charge in [0, 0.05) is 65.7 Å². The van der Waals surface area contributed by atoms with Crippen LogP contribution in [0, 0.1) is 5.92 Å². The third-order valence-corrected chi connectivity index (χ3v) is 6.50. The SMILES string of the molecule is CCC(=O)N1CCN([C@H](C(=O)N2CCN(C(C)=O)CC2)C2CCCC2)CC1. The lowest BCUT2D eigenvalue weighted by Gasteiger charge is -2.44. The highest BCUT2D eigenvalue weighted by atomic mass is 16.2. The first-order valence-corrected chi connectivity index (χ1v) is 10.6. The first kappa shape index (κ1) is 20.1. The van der Waals surface area contributed by atoms with E-state index < -0.39 is 0 Å². The average Bonchev–Trinajstić information content (AvgIpc) is 3.22. The number of rotatable bonds is 4. The van der Waals surface area contributed by atoms with E-state index in [1.54, 1.807) is 6.92 Å². The molecular weight excluding hydrogens is 344 g/mol. The topological polar surface area (TPSA) is 64.2 Å². The van der Waals surface area contributed by atoms with E-state index in [-0.39, 0.29) is 23.8 Å². The van der Waals surface area contributed by atoms with E-state index in [1.165, 1.54) is 12.8 Å². The first-order chi connectivity index (χ1) is 13.0. The van der Waals surface area contributed by atoms with E-state index in [4.69, 9.17) is 0 Å². The van der Waals surface area contributed by atoms with Crippen molar-refractivity contribution in [3.63, 3.8) is 0 Å². The zero-order valence-electron chi connectivity index (χ0n) is 16.9. The minimum Gasteiger partial charge on any atom is -0.340 e. The smallest absolute Gasteiger partial charge is 0.240 e. The van der Waals surface area contributed by atoms with Gasteiger partial charge in [0.2, 0.25) is 17.7 Å². The summed E-state index contributed by atoms with van der Waals surface area (Å²) in [5.74, 6) is 0.960. The van der Waals surface area contributed by atoms with Gasteiger partial charge < -0.3 is 14.7 Å².